The Balaban J connectivity index is 1.23. The van der Waals surface area contributed by atoms with E-state index in [9.17, 15) is 9.59 Å². The van der Waals surface area contributed by atoms with Gasteiger partial charge in [0.15, 0.2) is 0 Å². The van der Waals surface area contributed by atoms with Crippen molar-refractivity contribution in [3.63, 3.8) is 0 Å². The minimum Gasteiger partial charge on any atom is -0.490 e. The van der Waals surface area contributed by atoms with E-state index in [2.05, 4.69) is 4.90 Å². The monoisotopic (exact) mass is 517 g/mol. The maximum atomic E-state index is 13.7. The summed E-state index contributed by atoms with van der Waals surface area (Å²) >= 11 is 0. The molecule has 0 N–H and O–H groups in total. The molecule has 3 aromatic rings. The highest BCUT2D eigenvalue weighted by atomic mass is 16.5. The summed E-state index contributed by atoms with van der Waals surface area (Å²) in [7, 11) is 1.37. The van der Waals surface area contributed by atoms with E-state index in [0.717, 1.165) is 54.2 Å². The van der Waals surface area contributed by atoms with Crippen LogP contribution in [0.3, 0.4) is 0 Å². The molecule has 1 aliphatic carbocycles. The van der Waals surface area contributed by atoms with Gasteiger partial charge in [-0.15, -0.1) is 0 Å². The number of ether oxygens (including phenoxy) is 2. The third-order valence-corrected chi connectivity index (χ3v) is 8.29. The van der Waals surface area contributed by atoms with Crippen LogP contribution in [0, 0.1) is 0 Å². The quantitative estimate of drug-likeness (QED) is 0.473. The lowest BCUT2D eigenvalue weighted by Gasteiger charge is -2.41. The van der Waals surface area contributed by atoms with Crippen molar-refractivity contribution in [1.82, 2.24) is 14.7 Å². The molecular formula is C30H35N3O5. The number of carbonyl (C=O) groups is 2. The number of rotatable bonds is 5. The van der Waals surface area contributed by atoms with Gasteiger partial charge in [0.1, 0.15) is 17.4 Å². The first-order valence-corrected chi connectivity index (χ1v) is 13.8. The molecule has 2 aliphatic heterocycles. The molecule has 200 valence electrons. The number of likely N-dealkylation sites (tertiary alicyclic amines) is 1. The van der Waals surface area contributed by atoms with Crippen molar-refractivity contribution >= 4 is 23.0 Å². The Morgan fingerprint density at radius 2 is 1.58 bits per heavy atom. The van der Waals surface area contributed by atoms with Crippen LogP contribution in [0.1, 0.15) is 42.7 Å². The summed E-state index contributed by atoms with van der Waals surface area (Å²) in [5.41, 5.74) is 2.37. The van der Waals surface area contributed by atoms with Gasteiger partial charge in [-0.25, -0.2) is 4.79 Å². The van der Waals surface area contributed by atoms with Gasteiger partial charge in [-0.1, -0.05) is 36.8 Å². The number of nitrogens with zero attached hydrogens (tertiary/aromatic N) is 3. The first-order chi connectivity index (χ1) is 18.6. The van der Waals surface area contributed by atoms with Crippen LogP contribution in [0.5, 0.6) is 5.75 Å². The van der Waals surface area contributed by atoms with Gasteiger partial charge in [0.2, 0.25) is 5.76 Å². The first kappa shape index (κ1) is 24.8. The fourth-order valence-corrected chi connectivity index (χ4v) is 5.86. The smallest absolute Gasteiger partial charge is 0.409 e. The van der Waals surface area contributed by atoms with Crippen LogP contribution in [0.15, 0.2) is 52.9 Å². The number of hydrogen-bond acceptors (Lipinski definition) is 6. The standard InChI is InChI=1S/C30H35N3O5/c1-36-30(35)33-18-16-32(17-19-33)29(34)28-27(21-6-3-2-4-7-21)25-11-10-24(20-26(25)38-28)37-23-12-14-31(15-13-23)22-8-5-9-22/h2-4,6-7,10-11,20,22-23H,5,8-9,12-19H2,1H3. The highest BCUT2D eigenvalue weighted by Gasteiger charge is 2.31. The number of hydrogen-bond donors (Lipinski definition) is 0. The van der Waals surface area contributed by atoms with Crippen LogP contribution in [0.4, 0.5) is 4.79 Å². The number of methoxy groups -OCH3 is 1. The number of piperazine rings is 1. The molecule has 2 amide bonds. The molecule has 6 rings (SSSR count). The Kier molecular flexibility index (Phi) is 6.98. The van der Waals surface area contributed by atoms with E-state index in [1.807, 2.05) is 48.5 Å². The third-order valence-electron chi connectivity index (χ3n) is 8.29. The molecule has 3 aliphatic rings. The van der Waals surface area contributed by atoms with Gasteiger partial charge in [-0.2, -0.15) is 0 Å². The van der Waals surface area contributed by atoms with E-state index in [4.69, 9.17) is 13.9 Å². The largest absolute Gasteiger partial charge is 0.490 e. The second kappa shape index (κ2) is 10.7. The van der Waals surface area contributed by atoms with Gasteiger partial charge < -0.3 is 28.6 Å². The fraction of sp³-hybridized carbons (Fsp3) is 0.467. The number of piperidine rings is 1. The molecule has 0 spiro atoms. The molecular weight excluding hydrogens is 482 g/mol. The molecule has 3 heterocycles. The molecule has 0 unspecified atom stereocenters. The van der Waals surface area contributed by atoms with Gasteiger partial charge in [-0.3, -0.25) is 4.79 Å². The molecule has 0 radical (unpaired) electrons. The summed E-state index contributed by atoms with van der Waals surface area (Å²) in [6.45, 7) is 3.89. The van der Waals surface area contributed by atoms with Crippen LogP contribution in [0.25, 0.3) is 22.1 Å². The van der Waals surface area contributed by atoms with Gasteiger partial charge in [-0.05, 0) is 43.4 Å². The predicted molar refractivity (Wildman–Crippen MR) is 144 cm³/mol. The summed E-state index contributed by atoms with van der Waals surface area (Å²) < 4.78 is 17.5. The van der Waals surface area contributed by atoms with Crippen LogP contribution in [-0.2, 0) is 4.74 Å². The number of amides is 2. The average molecular weight is 518 g/mol. The molecule has 8 heteroatoms. The summed E-state index contributed by atoms with van der Waals surface area (Å²) in [6, 6.07) is 16.6. The molecule has 0 atom stereocenters. The number of benzene rings is 2. The summed E-state index contributed by atoms with van der Waals surface area (Å²) in [5.74, 6) is 0.928. The van der Waals surface area contributed by atoms with Crippen LogP contribution in [0.2, 0.25) is 0 Å². The zero-order chi connectivity index (χ0) is 26.1. The van der Waals surface area contributed by atoms with Gasteiger partial charge in [0.05, 0.1) is 7.11 Å². The molecule has 3 fully saturated rings. The minimum atomic E-state index is -0.368. The van der Waals surface area contributed by atoms with Gasteiger partial charge >= 0.3 is 6.09 Å². The Bertz CT molecular complexity index is 1290. The number of fused-ring (bicyclic) bond motifs is 1. The van der Waals surface area contributed by atoms with Crippen molar-refractivity contribution in [2.75, 3.05) is 46.4 Å². The van der Waals surface area contributed by atoms with Crippen molar-refractivity contribution in [2.24, 2.45) is 0 Å². The highest BCUT2D eigenvalue weighted by Crippen LogP contribution is 2.38. The Hall–Kier alpha value is -3.52. The van der Waals surface area contributed by atoms with Crippen molar-refractivity contribution in [1.29, 1.82) is 0 Å². The molecule has 2 saturated heterocycles. The van der Waals surface area contributed by atoms with E-state index < -0.39 is 0 Å². The minimum absolute atomic E-state index is 0.171. The first-order valence-electron chi connectivity index (χ1n) is 13.8. The van der Waals surface area contributed by atoms with E-state index >= 15 is 0 Å². The fourth-order valence-electron chi connectivity index (χ4n) is 5.86. The maximum absolute atomic E-state index is 13.7. The lowest BCUT2D eigenvalue weighted by atomic mass is 9.90. The molecule has 0 bridgehead atoms. The van der Waals surface area contributed by atoms with Gasteiger partial charge in [0, 0.05) is 62.3 Å². The molecule has 2 aromatic carbocycles. The lowest BCUT2D eigenvalue weighted by molar-refractivity contribution is 0.0493. The van der Waals surface area contributed by atoms with Crippen LogP contribution >= 0.6 is 0 Å². The summed E-state index contributed by atoms with van der Waals surface area (Å²) in [6.07, 6.45) is 5.93. The van der Waals surface area contributed by atoms with E-state index in [-0.39, 0.29) is 18.1 Å². The molecule has 38 heavy (non-hydrogen) atoms. The van der Waals surface area contributed by atoms with E-state index in [0.29, 0.717) is 37.5 Å². The lowest BCUT2D eigenvalue weighted by Crippen LogP contribution is -2.50. The SMILES string of the molecule is COC(=O)N1CCN(C(=O)c2oc3cc(OC4CCN(C5CCC5)CC4)ccc3c2-c2ccccc2)CC1. The topological polar surface area (TPSA) is 75.5 Å². The Morgan fingerprint density at radius 3 is 2.24 bits per heavy atom. The Labute approximate surface area is 223 Å². The zero-order valence-electron chi connectivity index (χ0n) is 21.9. The summed E-state index contributed by atoms with van der Waals surface area (Å²) in [5, 5.41) is 0.889. The second-order valence-electron chi connectivity index (χ2n) is 10.5. The van der Waals surface area contributed by atoms with Crippen molar-refractivity contribution < 1.29 is 23.5 Å². The third kappa shape index (κ3) is 4.85. The van der Waals surface area contributed by atoms with E-state index in [1.165, 1.54) is 26.4 Å². The van der Waals surface area contributed by atoms with Crippen LogP contribution in [-0.4, -0.2) is 85.2 Å². The van der Waals surface area contributed by atoms with Crippen LogP contribution < -0.4 is 4.74 Å². The Morgan fingerprint density at radius 1 is 0.868 bits per heavy atom. The number of carbonyl (C=O) groups excluding carboxylic acids is 2. The maximum Gasteiger partial charge on any atom is 0.409 e. The second-order valence-corrected chi connectivity index (χ2v) is 10.5. The normalized spacial score (nSPS) is 19.4. The zero-order valence-corrected chi connectivity index (χ0v) is 21.9. The predicted octanol–water partition coefficient (Wildman–Crippen LogP) is 5.02. The van der Waals surface area contributed by atoms with Gasteiger partial charge in [0.25, 0.3) is 5.91 Å². The van der Waals surface area contributed by atoms with E-state index in [1.54, 1.807) is 9.80 Å². The molecule has 1 aromatic heterocycles. The van der Waals surface area contributed by atoms with Crippen molar-refractivity contribution in [3.05, 3.63) is 54.3 Å². The average Bonchev–Trinajstić information content (AvgIpc) is 3.31. The molecule has 1 saturated carbocycles. The molecule has 8 nitrogen and oxygen atoms in total. The highest BCUT2D eigenvalue weighted by molar-refractivity contribution is 6.08. The van der Waals surface area contributed by atoms with Crippen molar-refractivity contribution in [2.45, 2.75) is 44.2 Å². The summed E-state index contributed by atoms with van der Waals surface area (Å²) in [4.78, 5) is 31.5. The van der Waals surface area contributed by atoms with Crippen molar-refractivity contribution in [3.8, 4) is 16.9 Å². The number of furan rings is 1.